The molecule has 0 spiro atoms. The van der Waals surface area contributed by atoms with Crippen LogP contribution in [0, 0.1) is 0 Å². The van der Waals surface area contributed by atoms with Gasteiger partial charge in [-0.25, -0.2) is 4.98 Å². The molecule has 1 atom stereocenters. The highest BCUT2D eigenvalue weighted by Crippen LogP contribution is 2.15. The van der Waals surface area contributed by atoms with E-state index in [1.54, 1.807) is 0 Å². The van der Waals surface area contributed by atoms with Crippen LogP contribution in [0.3, 0.4) is 0 Å². The van der Waals surface area contributed by atoms with Crippen LogP contribution in [0.25, 0.3) is 0 Å². The zero-order valence-corrected chi connectivity index (χ0v) is 14.4. The van der Waals surface area contributed by atoms with Crippen molar-refractivity contribution in [2.45, 2.75) is 52.2 Å². The topological polar surface area (TPSA) is 41.1 Å². The van der Waals surface area contributed by atoms with Gasteiger partial charge in [0, 0.05) is 30.9 Å². The largest absolute Gasteiger partial charge is 0.355 e. The molecular formula is C15H28N4S. The second-order valence-corrected chi connectivity index (χ2v) is 7.01. The van der Waals surface area contributed by atoms with Crippen molar-refractivity contribution in [3.8, 4) is 0 Å². The van der Waals surface area contributed by atoms with Gasteiger partial charge in [0.1, 0.15) is 5.82 Å². The zero-order chi connectivity index (χ0) is 15.2. The Bertz CT molecular complexity index is 386. The molecule has 1 unspecified atom stereocenters. The lowest BCUT2D eigenvalue weighted by Crippen LogP contribution is -2.35. The number of aromatic nitrogens is 2. The molecule has 1 aromatic rings. The van der Waals surface area contributed by atoms with Crippen molar-refractivity contribution in [2.24, 2.45) is 0 Å². The molecule has 4 nitrogen and oxygen atoms in total. The first-order valence-corrected chi connectivity index (χ1v) is 8.54. The number of nitrogens with one attached hydrogen (secondary N) is 1. The van der Waals surface area contributed by atoms with Gasteiger partial charge in [0.2, 0.25) is 0 Å². The Morgan fingerprint density at radius 1 is 1.30 bits per heavy atom. The van der Waals surface area contributed by atoms with Crippen LogP contribution in [0.2, 0.25) is 0 Å². The van der Waals surface area contributed by atoms with E-state index in [0.717, 1.165) is 30.2 Å². The number of hydrogen-bond acceptors (Lipinski definition) is 5. The van der Waals surface area contributed by atoms with Gasteiger partial charge in [-0.1, -0.05) is 6.92 Å². The highest BCUT2D eigenvalue weighted by molar-refractivity contribution is 7.98. The fourth-order valence-corrected chi connectivity index (χ4v) is 2.70. The van der Waals surface area contributed by atoms with Gasteiger partial charge >= 0.3 is 0 Å². The van der Waals surface area contributed by atoms with Gasteiger partial charge < -0.3 is 10.2 Å². The van der Waals surface area contributed by atoms with Gasteiger partial charge in [-0.3, -0.25) is 4.98 Å². The Kier molecular flexibility index (Phi) is 6.76. The molecule has 1 heterocycles. The van der Waals surface area contributed by atoms with E-state index in [0.29, 0.717) is 6.04 Å². The van der Waals surface area contributed by atoms with Crippen molar-refractivity contribution in [1.82, 2.24) is 15.3 Å². The van der Waals surface area contributed by atoms with Crippen molar-refractivity contribution in [2.75, 3.05) is 24.0 Å². The Balaban J connectivity index is 2.65. The molecule has 114 valence electrons. The first-order chi connectivity index (χ1) is 9.37. The Morgan fingerprint density at radius 3 is 2.45 bits per heavy atom. The van der Waals surface area contributed by atoms with Gasteiger partial charge in [-0.05, 0) is 33.4 Å². The molecule has 0 radical (unpaired) electrons. The van der Waals surface area contributed by atoms with Crippen LogP contribution in [0.5, 0.6) is 0 Å². The van der Waals surface area contributed by atoms with Crippen LogP contribution in [-0.2, 0) is 6.54 Å². The molecule has 0 amide bonds. The van der Waals surface area contributed by atoms with Gasteiger partial charge in [0.05, 0.1) is 18.1 Å². The molecule has 5 heteroatoms. The number of anilines is 1. The summed E-state index contributed by atoms with van der Waals surface area (Å²) in [5.74, 6) is 2.06. The summed E-state index contributed by atoms with van der Waals surface area (Å²) in [6, 6.07) is 0.512. The van der Waals surface area contributed by atoms with Gasteiger partial charge in [0.15, 0.2) is 0 Å². The van der Waals surface area contributed by atoms with E-state index in [9.17, 15) is 0 Å². The van der Waals surface area contributed by atoms with Gasteiger partial charge in [-0.15, -0.1) is 0 Å². The minimum atomic E-state index is 0.1000. The first kappa shape index (κ1) is 17.2. The van der Waals surface area contributed by atoms with Crippen LogP contribution in [0.4, 0.5) is 5.82 Å². The molecule has 0 fully saturated rings. The van der Waals surface area contributed by atoms with Crippen molar-refractivity contribution < 1.29 is 0 Å². The summed E-state index contributed by atoms with van der Waals surface area (Å²) in [4.78, 5) is 11.3. The number of nitrogens with zero attached hydrogens (tertiary/aromatic N) is 3. The molecule has 0 aliphatic carbocycles. The fourth-order valence-electron chi connectivity index (χ4n) is 1.86. The van der Waals surface area contributed by atoms with Crippen LogP contribution in [0.1, 0.15) is 39.8 Å². The second-order valence-electron chi connectivity index (χ2n) is 6.10. The lowest BCUT2D eigenvalue weighted by atomic mass is 10.1. The number of rotatable bonds is 7. The second kappa shape index (κ2) is 7.84. The molecule has 0 saturated heterocycles. The average Bonchev–Trinajstić information content (AvgIpc) is 2.41. The summed E-state index contributed by atoms with van der Waals surface area (Å²) in [5.41, 5.74) is 1.08. The molecule has 0 aliphatic heterocycles. The third-order valence-corrected chi connectivity index (χ3v) is 3.95. The standard InChI is InChI=1S/C15H28N4S/c1-7-13(11-20-6)19(5)14-10-16-12(8-17-14)9-18-15(2,3)4/h8,10,13,18H,7,9,11H2,1-6H3. The summed E-state index contributed by atoms with van der Waals surface area (Å²) < 4.78 is 0. The SMILES string of the molecule is CCC(CSC)N(C)c1cnc(CNC(C)(C)C)cn1. The van der Waals surface area contributed by atoms with E-state index in [1.165, 1.54) is 0 Å². The third-order valence-electron chi connectivity index (χ3n) is 3.23. The molecule has 20 heavy (non-hydrogen) atoms. The minimum Gasteiger partial charge on any atom is -0.355 e. The molecule has 1 N–H and O–H groups in total. The molecule has 1 aromatic heterocycles. The van der Waals surface area contributed by atoms with Crippen molar-refractivity contribution >= 4 is 17.6 Å². The van der Waals surface area contributed by atoms with Crippen LogP contribution >= 0.6 is 11.8 Å². The van der Waals surface area contributed by atoms with Gasteiger partial charge in [0.25, 0.3) is 0 Å². The molecule has 0 aliphatic rings. The summed E-state index contributed by atoms with van der Waals surface area (Å²) in [6.45, 7) is 9.42. The average molecular weight is 296 g/mol. The predicted molar refractivity (Wildman–Crippen MR) is 89.5 cm³/mol. The van der Waals surface area contributed by atoms with Crippen LogP contribution in [0.15, 0.2) is 12.4 Å². The Morgan fingerprint density at radius 2 is 2.00 bits per heavy atom. The van der Waals surface area contributed by atoms with Crippen molar-refractivity contribution in [3.63, 3.8) is 0 Å². The van der Waals surface area contributed by atoms with Gasteiger partial charge in [-0.2, -0.15) is 11.8 Å². The van der Waals surface area contributed by atoms with Crippen LogP contribution < -0.4 is 10.2 Å². The smallest absolute Gasteiger partial charge is 0.147 e. The zero-order valence-electron chi connectivity index (χ0n) is 13.6. The molecule has 0 bridgehead atoms. The third kappa shape index (κ3) is 5.67. The highest BCUT2D eigenvalue weighted by atomic mass is 32.2. The van der Waals surface area contributed by atoms with E-state index in [4.69, 9.17) is 0 Å². The normalized spacial score (nSPS) is 13.3. The first-order valence-electron chi connectivity index (χ1n) is 7.15. The lowest BCUT2D eigenvalue weighted by Gasteiger charge is -2.27. The highest BCUT2D eigenvalue weighted by Gasteiger charge is 2.14. The summed E-state index contributed by atoms with van der Waals surface area (Å²) in [5, 5.41) is 3.42. The summed E-state index contributed by atoms with van der Waals surface area (Å²) in [7, 11) is 2.10. The summed E-state index contributed by atoms with van der Waals surface area (Å²) in [6.07, 6.45) is 7.01. The monoisotopic (exact) mass is 296 g/mol. The lowest BCUT2D eigenvalue weighted by molar-refractivity contribution is 0.421. The molecule has 0 aromatic carbocycles. The van der Waals surface area contributed by atoms with E-state index in [-0.39, 0.29) is 5.54 Å². The Hall–Kier alpha value is -0.810. The quantitative estimate of drug-likeness (QED) is 0.838. The molecular weight excluding hydrogens is 268 g/mol. The maximum Gasteiger partial charge on any atom is 0.147 e. The molecule has 1 rings (SSSR count). The van der Waals surface area contributed by atoms with E-state index in [2.05, 4.69) is 61.2 Å². The predicted octanol–water partition coefficient (Wildman–Crippen LogP) is 2.94. The molecule has 0 saturated carbocycles. The van der Waals surface area contributed by atoms with Crippen molar-refractivity contribution in [3.05, 3.63) is 18.1 Å². The fraction of sp³-hybridized carbons (Fsp3) is 0.733. The minimum absolute atomic E-state index is 0.1000. The number of thioether (sulfide) groups is 1. The number of hydrogen-bond donors (Lipinski definition) is 1. The Labute approximate surface area is 127 Å². The van der Waals surface area contributed by atoms with Crippen LogP contribution in [-0.4, -0.2) is 40.6 Å². The van der Waals surface area contributed by atoms with Crippen molar-refractivity contribution in [1.29, 1.82) is 0 Å². The van der Waals surface area contributed by atoms with E-state index in [1.807, 2.05) is 24.2 Å². The van der Waals surface area contributed by atoms with E-state index < -0.39 is 0 Å². The maximum atomic E-state index is 4.54. The van der Waals surface area contributed by atoms with E-state index >= 15 is 0 Å². The maximum absolute atomic E-state index is 4.54. The summed E-state index contributed by atoms with van der Waals surface area (Å²) >= 11 is 1.87.